The van der Waals surface area contributed by atoms with Gasteiger partial charge in [0, 0.05) is 26.7 Å². The maximum atomic E-state index is 14.0. The van der Waals surface area contributed by atoms with Gasteiger partial charge < -0.3 is 9.64 Å². The van der Waals surface area contributed by atoms with Gasteiger partial charge in [-0.3, -0.25) is 4.79 Å². The average Bonchev–Trinajstić information content (AvgIpc) is 2.65. The Labute approximate surface area is 159 Å². The van der Waals surface area contributed by atoms with E-state index in [4.69, 9.17) is 4.74 Å². The summed E-state index contributed by atoms with van der Waals surface area (Å²) in [5.41, 5.74) is -0.517. The Morgan fingerprint density at radius 1 is 1.30 bits per heavy atom. The molecule has 0 spiro atoms. The minimum Gasteiger partial charge on any atom is -0.452 e. The Hall–Kier alpha value is -2.00. The summed E-state index contributed by atoms with van der Waals surface area (Å²) in [5.74, 6) is -2.30. The summed E-state index contributed by atoms with van der Waals surface area (Å²) in [7, 11) is -1.16. The van der Waals surface area contributed by atoms with E-state index >= 15 is 0 Å². The number of hydrogen-bond donors (Lipinski definition) is 0. The Bertz CT molecular complexity index is 810. The number of piperidine rings is 1. The molecule has 0 N–H and O–H groups in total. The first kappa shape index (κ1) is 21.3. The number of carbonyl (C=O) groups is 2. The highest BCUT2D eigenvalue weighted by molar-refractivity contribution is 7.89. The van der Waals surface area contributed by atoms with Gasteiger partial charge in [-0.2, -0.15) is 0 Å². The minimum absolute atomic E-state index is 0.121. The number of nitrogens with zero attached hydrogens (tertiary/aromatic N) is 2. The van der Waals surface area contributed by atoms with Crippen molar-refractivity contribution in [3.63, 3.8) is 0 Å². The number of sulfonamides is 1. The van der Waals surface area contributed by atoms with E-state index < -0.39 is 34.0 Å². The fourth-order valence-corrected chi connectivity index (χ4v) is 4.00. The smallest absolute Gasteiger partial charge is 0.341 e. The molecule has 0 bridgehead atoms. The van der Waals surface area contributed by atoms with Gasteiger partial charge in [0.2, 0.25) is 10.0 Å². The first-order chi connectivity index (χ1) is 12.7. The second-order valence-electron chi connectivity index (χ2n) is 6.65. The monoisotopic (exact) mass is 400 g/mol. The number of esters is 1. The molecule has 0 unspecified atom stereocenters. The predicted molar refractivity (Wildman–Crippen MR) is 97.2 cm³/mol. The molecule has 1 saturated heterocycles. The summed E-state index contributed by atoms with van der Waals surface area (Å²) in [6.07, 6.45) is 3.68. The zero-order chi connectivity index (χ0) is 20.2. The molecule has 0 radical (unpaired) electrons. The number of halogens is 1. The first-order valence-corrected chi connectivity index (χ1v) is 10.3. The van der Waals surface area contributed by atoms with Crippen molar-refractivity contribution in [2.45, 2.75) is 43.5 Å². The van der Waals surface area contributed by atoms with Crippen molar-refractivity contribution in [2.24, 2.45) is 0 Å². The maximum absolute atomic E-state index is 14.0. The average molecular weight is 400 g/mol. The van der Waals surface area contributed by atoms with Crippen LogP contribution in [0.25, 0.3) is 0 Å². The topological polar surface area (TPSA) is 84.0 Å². The maximum Gasteiger partial charge on any atom is 0.341 e. The number of amides is 1. The molecule has 1 aliphatic heterocycles. The SMILES string of the molecule is CC[C@H]1CCCCN1C(=O)COC(=O)c1cc(S(=O)(=O)N(C)C)ccc1F. The molecule has 0 saturated carbocycles. The van der Waals surface area contributed by atoms with Crippen LogP contribution in [0.2, 0.25) is 0 Å². The molecule has 7 nitrogen and oxygen atoms in total. The van der Waals surface area contributed by atoms with Gasteiger partial charge in [-0.05, 0) is 43.9 Å². The molecule has 0 aromatic heterocycles. The summed E-state index contributed by atoms with van der Waals surface area (Å²) in [6.45, 7) is 2.10. The van der Waals surface area contributed by atoms with Gasteiger partial charge in [0.15, 0.2) is 6.61 Å². The van der Waals surface area contributed by atoms with Crippen LogP contribution in [0.3, 0.4) is 0 Å². The van der Waals surface area contributed by atoms with Crippen molar-refractivity contribution in [3.8, 4) is 0 Å². The number of ether oxygens (including phenoxy) is 1. The predicted octanol–water partition coefficient (Wildman–Crippen LogP) is 2.02. The molecule has 1 amide bonds. The van der Waals surface area contributed by atoms with Crippen LogP contribution >= 0.6 is 0 Å². The van der Waals surface area contributed by atoms with Crippen LogP contribution in [-0.4, -0.2) is 62.8 Å². The molecule has 1 fully saturated rings. The van der Waals surface area contributed by atoms with Crippen molar-refractivity contribution in [1.82, 2.24) is 9.21 Å². The quantitative estimate of drug-likeness (QED) is 0.682. The number of rotatable bonds is 6. The Morgan fingerprint density at radius 3 is 2.63 bits per heavy atom. The van der Waals surface area contributed by atoms with E-state index in [0.717, 1.165) is 48.2 Å². The van der Waals surface area contributed by atoms with E-state index in [0.29, 0.717) is 6.54 Å². The molecule has 1 atom stereocenters. The molecule has 1 heterocycles. The molecule has 27 heavy (non-hydrogen) atoms. The zero-order valence-electron chi connectivity index (χ0n) is 15.8. The molecular formula is C18H25FN2O5S. The zero-order valence-corrected chi connectivity index (χ0v) is 16.6. The Kier molecular flexibility index (Phi) is 6.94. The lowest BCUT2D eigenvalue weighted by Crippen LogP contribution is -2.45. The van der Waals surface area contributed by atoms with Crippen molar-refractivity contribution < 1.29 is 27.1 Å². The summed E-state index contributed by atoms with van der Waals surface area (Å²) in [4.78, 5) is 26.0. The number of likely N-dealkylation sites (tertiary alicyclic amines) is 1. The highest BCUT2D eigenvalue weighted by atomic mass is 32.2. The fourth-order valence-electron chi connectivity index (χ4n) is 3.07. The van der Waals surface area contributed by atoms with E-state index in [1.165, 1.54) is 14.1 Å². The van der Waals surface area contributed by atoms with Crippen LogP contribution in [0, 0.1) is 5.82 Å². The Balaban J connectivity index is 2.11. The molecule has 0 aliphatic carbocycles. The molecule has 150 valence electrons. The van der Waals surface area contributed by atoms with Gasteiger partial charge in [-0.25, -0.2) is 21.9 Å². The lowest BCUT2D eigenvalue weighted by Gasteiger charge is -2.35. The van der Waals surface area contributed by atoms with E-state index in [2.05, 4.69) is 0 Å². The highest BCUT2D eigenvalue weighted by Gasteiger charge is 2.27. The van der Waals surface area contributed by atoms with E-state index in [-0.39, 0.29) is 16.8 Å². The normalized spacial score (nSPS) is 17.8. The fraction of sp³-hybridized carbons (Fsp3) is 0.556. The van der Waals surface area contributed by atoms with E-state index in [1.54, 1.807) is 4.90 Å². The van der Waals surface area contributed by atoms with Gasteiger partial charge in [-0.15, -0.1) is 0 Å². The van der Waals surface area contributed by atoms with Gasteiger partial charge >= 0.3 is 5.97 Å². The standard InChI is InChI=1S/C18H25FN2O5S/c1-4-13-7-5-6-10-21(13)17(22)12-26-18(23)15-11-14(8-9-16(15)19)27(24,25)20(2)3/h8-9,11,13H,4-7,10,12H2,1-3H3/t13-/m0/s1. The van der Waals surface area contributed by atoms with Gasteiger partial charge in [-0.1, -0.05) is 6.92 Å². The molecule has 1 aromatic carbocycles. The van der Waals surface area contributed by atoms with Crippen molar-refractivity contribution in [3.05, 3.63) is 29.6 Å². The third-order valence-electron chi connectivity index (χ3n) is 4.68. The second kappa shape index (κ2) is 8.79. The number of hydrogen-bond acceptors (Lipinski definition) is 5. The lowest BCUT2D eigenvalue weighted by molar-refractivity contribution is -0.138. The van der Waals surface area contributed by atoms with E-state index in [9.17, 15) is 22.4 Å². The Morgan fingerprint density at radius 2 is 2.00 bits per heavy atom. The summed E-state index contributed by atoms with van der Waals surface area (Å²) >= 11 is 0. The van der Waals surface area contributed by atoms with Crippen molar-refractivity contribution in [2.75, 3.05) is 27.2 Å². The van der Waals surface area contributed by atoms with Crippen LogP contribution < -0.4 is 0 Å². The molecular weight excluding hydrogens is 375 g/mol. The first-order valence-electron chi connectivity index (χ1n) is 8.87. The summed E-state index contributed by atoms with van der Waals surface area (Å²) in [5, 5.41) is 0. The molecule has 2 rings (SSSR count). The highest BCUT2D eigenvalue weighted by Crippen LogP contribution is 2.21. The number of benzene rings is 1. The van der Waals surface area contributed by atoms with Crippen molar-refractivity contribution >= 4 is 21.9 Å². The van der Waals surface area contributed by atoms with Crippen LogP contribution in [0.15, 0.2) is 23.1 Å². The third kappa shape index (κ3) is 4.84. The molecule has 1 aliphatic rings. The van der Waals surface area contributed by atoms with Crippen LogP contribution in [0.4, 0.5) is 4.39 Å². The van der Waals surface area contributed by atoms with Crippen molar-refractivity contribution in [1.29, 1.82) is 0 Å². The largest absolute Gasteiger partial charge is 0.452 e. The van der Waals surface area contributed by atoms with Crippen LogP contribution in [-0.2, 0) is 19.6 Å². The summed E-state index contributed by atoms with van der Waals surface area (Å²) < 4.78 is 44.2. The van der Waals surface area contributed by atoms with Gasteiger partial charge in [0.05, 0.1) is 10.5 Å². The molecule has 9 heteroatoms. The summed E-state index contributed by atoms with van der Waals surface area (Å²) in [6, 6.07) is 3.02. The van der Waals surface area contributed by atoms with Gasteiger partial charge in [0.25, 0.3) is 5.91 Å². The van der Waals surface area contributed by atoms with E-state index in [1.807, 2.05) is 6.92 Å². The lowest BCUT2D eigenvalue weighted by atomic mass is 10.00. The number of carbonyl (C=O) groups excluding carboxylic acids is 2. The third-order valence-corrected chi connectivity index (χ3v) is 6.49. The molecule has 1 aromatic rings. The minimum atomic E-state index is -3.83. The second-order valence-corrected chi connectivity index (χ2v) is 8.80. The van der Waals surface area contributed by atoms with Crippen LogP contribution in [0.5, 0.6) is 0 Å². The van der Waals surface area contributed by atoms with Crippen LogP contribution in [0.1, 0.15) is 43.0 Å². The van der Waals surface area contributed by atoms with Gasteiger partial charge in [0.1, 0.15) is 5.82 Å².